The van der Waals surface area contributed by atoms with Gasteiger partial charge >= 0.3 is 0 Å². The summed E-state index contributed by atoms with van der Waals surface area (Å²) in [6.07, 6.45) is 1.51. The molecule has 0 aliphatic carbocycles. The minimum Gasteiger partial charge on any atom is -0.326 e. The molecule has 0 saturated carbocycles. The summed E-state index contributed by atoms with van der Waals surface area (Å²) >= 11 is 0. The molecule has 160 valence electrons. The zero-order valence-electron chi connectivity index (χ0n) is 17.3. The van der Waals surface area contributed by atoms with Crippen LogP contribution in [0.15, 0.2) is 48.5 Å². The van der Waals surface area contributed by atoms with Gasteiger partial charge in [-0.3, -0.25) is 24.6 Å². The number of hydrogen-bond donors (Lipinski definition) is 2. The number of rotatable bonds is 4. The fraction of sp³-hybridized carbons (Fsp3) is 0.375. The van der Waals surface area contributed by atoms with Gasteiger partial charge in [-0.2, -0.15) is 0 Å². The monoisotopic (exact) mass is 418 g/mol. The highest BCUT2D eigenvalue weighted by Gasteiger charge is 2.40. The highest BCUT2D eigenvalue weighted by atomic mass is 16.2. The molecule has 2 saturated heterocycles. The molecule has 2 aromatic carbocycles. The lowest BCUT2D eigenvalue weighted by Gasteiger charge is -2.29. The van der Waals surface area contributed by atoms with Crippen molar-refractivity contribution in [1.82, 2.24) is 15.1 Å². The first-order chi connectivity index (χ1) is 15.0. The Hall–Kier alpha value is -3.03. The molecule has 3 atom stereocenters. The molecule has 31 heavy (non-hydrogen) atoms. The average molecular weight is 418 g/mol. The molecule has 3 amide bonds. The molecule has 3 aliphatic heterocycles. The molecule has 7 nitrogen and oxygen atoms in total. The maximum atomic E-state index is 13.4. The minimum absolute atomic E-state index is 0.0950. The number of amides is 3. The molecule has 0 radical (unpaired) electrons. The lowest BCUT2D eigenvalue weighted by molar-refractivity contribution is -0.136. The van der Waals surface area contributed by atoms with E-state index in [9.17, 15) is 14.4 Å². The lowest BCUT2D eigenvalue weighted by atomic mass is 10.0. The summed E-state index contributed by atoms with van der Waals surface area (Å²) in [5, 5.41) is 2.36. The van der Waals surface area contributed by atoms with Crippen molar-refractivity contribution in [1.29, 1.82) is 0 Å². The molecule has 0 bridgehead atoms. The number of carbonyl (C=O) groups is 3. The van der Waals surface area contributed by atoms with Crippen LogP contribution in [0.5, 0.6) is 0 Å². The molecular weight excluding hydrogens is 392 g/mol. The normalized spacial score (nSPS) is 26.3. The zero-order chi connectivity index (χ0) is 21.5. The van der Waals surface area contributed by atoms with Crippen LogP contribution in [0.1, 0.15) is 52.4 Å². The average Bonchev–Trinajstić information content (AvgIpc) is 3.29. The largest absolute Gasteiger partial charge is 0.326 e. The Morgan fingerprint density at radius 1 is 1.00 bits per heavy atom. The van der Waals surface area contributed by atoms with Gasteiger partial charge in [0.25, 0.3) is 5.91 Å². The summed E-state index contributed by atoms with van der Waals surface area (Å²) in [5.74, 6) is -0.781. The summed E-state index contributed by atoms with van der Waals surface area (Å²) in [5.41, 5.74) is 10.1. The van der Waals surface area contributed by atoms with Gasteiger partial charge in [0, 0.05) is 43.7 Å². The number of nitrogens with zero attached hydrogens (tertiary/aromatic N) is 2. The topological polar surface area (TPSA) is 95.7 Å². The second kappa shape index (κ2) is 7.90. The third-order valence-corrected chi connectivity index (χ3v) is 6.63. The van der Waals surface area contributed by atoms with Crippen molar-refractivity contribution < 1.29 is 14.4 Å². The van der Waals surface area contributed by atoms with E-state index in [4.69, 9.17) is 5.73 Å². The number of nitrogens with two attached hydrogens (primary N) is 1. The number of benzene rings is 2. The fourth-order valence-corrected chi connectivity index (χ4v) is 5.18. The number of carbonyl (C=O) groups excluding carboxylic acids is 3. The quantitative estimate of drug-likeness (QED) is 0.737. The molecule has 3 aliphatic rings. The Kier molecular flexibility index (Phi) is 5.08. The third-order valence-electron chi connectivity index (χ3n) is 6.63. The van der Waals surface area contributed by atoms with Crippen LogP contribution < -0.4 is 11.1 Å². The smallest absolute Gasteiger partial charge is 0.255 e. The summed E-state index contributed by atoms with van der Waals surface area (Å²) < 4.78 is 0. The van der Waals surface area contributed by atoms with Crippen LogP contribution in [0.25, 0.3) is 0 Å². The van der Waals surface area contributed by atoms with E-state index in [-0.39, 0.29) is 36.2 Å². The Morgan fingerprint density at radius 2 is 1.81 bits per heavy atom. The van der Waals surface area contributed by atoms with Crippen molar-refractivity contribution in [2.75, 3.05) is 6.54 Å². The molecular formula is C24H26N4O3. The van der Waals surface area contributed by atoms with Crippen LogP contribution >= 0.6 is 0 Å². The lowest BCUT2D eigenvalue weighted by Crippen LogP contribution is -2.52. The van der Waals surface area contributed by atoms with Gasteiger partial charge in [0.15, 0.2) is 0 Å². The van der Waals surface area contributed by atoms with Gasteiger partial charge in [-0.1, -0.05) is 48.5 Å². The zero-order valence-corrected chi connectivity index (χ0v) is 17.3. The maximum absolute atomic E-state index is 13.4. The first-order valence-corrected chi connectivity index (χ1v) is 10.8. The molecule has 3 heterocycles. The highest BCUT2D eigenvalue weighted by Crippen LogP contribution is 2.35. The number of piperidine rings is 1. The van der Waals surface area contributed by atoms with Crippen LogP contribution in [-0.4, -0.2) is 46.1 Å². The number of nitrogens with one attached hydrogen (secondary N) is 1. The standard InChI is InChI=1S/C24H26N4O3/c25-18-11-20(15-5-2-1-3-6-15)27(14-18)12-16-7-4-8-17-13-28(24(31)22(16)17)19-9-10-21(29)26-23(19)30/h1-8,18-20H,9-14,25H2,(H,26,29,30)/t18-,19?,20-/m0/s1. The van der Waals surface area contributed by atoms with Crippen molar-refractivity contribution in [3.8, 4) is 0 Å². The van der Waals surface area contributed by atoms with E-state index in [0.717, 1.165) is 24.1 Å². The first kappa shape index (κ1) is 19.9. The fourth-order valence-electron chi connectivity index (χ4n) is 5.18. The maximum Gasteiger partial charge on any atom is 0.255 e. The second-order valence-electron chi connectivity index (χ2n) is 8.70. The third kappa shape index (κ3) is 3.64. The second-order valence-corrected chi connectivity index (χ2v) is 8.70. The van der Waals surface area contributed by atoms with Gasteiger partial charge in [-0.05, 0) is 29.5 Å². The Bertz CT molecular complexity index is 1040. The number of imide groups is 1. The van der Waals surface area contributed by atoms with E-state index >= 15 is 0 Å². The number of hydrogen-bond acceptors (Lipinski definition) is 5. The van der Waals surface area contributed by atoms with Crippen LogP contribution in [0, 0.1) is 0 Å². The van der Waals surface area contributed by atoms with Gasteiger partial charge in [0.2, 0.25) is 11.8 Å². The minimum atomic E-state index is -0.595. The van der Waals surface area contributed by atoms with E-state index in [2.05, 4.69) is 22.3 Å². The summed E-state index contributed by atoms with van der Waals surface area (Å²) in [7, 11) is 0. The van der Waals surface area contributed by atoms with E-state index in [0.29, 0.717) is 25.1 Å². The van der Waals surface area contributed by atoms with Crippen molar-refractivity contribution >= 4 is 17.7 Å². The van der Waals surface area contributed by atoms with Crippen molar-refractivity contribution in [3.63, 3.8) is 0 Å². The number of fused-ring (bicyclic) bond motifs is 1. The molecule has 2 aromatic rings. The Morgan fingerprint density at radius 3 is 2.58 bits per heavy atom. The summed E-state index contributed by atoms with van der Waals surface area (Å²) in [6.45, 7) is 1.80. The Labute approximate surface area is 181 Å². The van der Waals surface area contributed by atoms with Gasteiger partial charge in [-0.25, -0.2) is 0 Å². The van der Waals surface area contributed by atoms with Crippen molar-refractivity contribution in [2.24, 2.45) is 5.73 Å². The highest BCUT2D eigenvalue weighted by molar-refractivity contribution is 6.06. The molecule has 7 heteroatoms. The van der Waals surface area contributed by atoms with Crippen molar-refractivity contribution in [2.45, 2.75) is 50.5 Å². The van der Waals surface area contributed by atoms with E-state index in [1.807, 2.05) is 36.4 Å². The van der Waals surface area contributed by atoms with Gasteiger partial charge in [0.1, 0.15) is 6.04 Å². The van der Waals surface area contributed by atoms with E-state index in [1.54, 1.807) is 4.90 Å². The molecule has 0 aromatic heterocycles. The first-order valence-electron chi connectivity index (χ1n) is 10.8. The van der Waals surface area contributed by atoms with Gasteiger partial charge < -0.3 is 10.6 Å². The van der Waals surface area contributed by atoms with Crippen LogP contribution in [-0.2, 0) is 22.7 Å². The van der Waals surface area contributed by atoms with Gasteiger partial charge in [-0.15, -0.1) is 0 Å². The Balaban J connectivity index is 1.40. The van der Waals surface area contributed by atoms with Crippen LogP contribution in [0.3, 0.4) is 0 Å². The van der Waals surface area contributed by atoms with Crippen LogP contribution in [0.4, 0.5) is 0 Å². The molecule has 2 fully saturated rings. The molecule has 1 unspecified atom stereocenters. The summed E-state index contributed by atoms with van der Waals surface area (Å²) in [6, 6.07) is 16.0. The summed E-state index contributed by atoms with van der Waals surface area (Å²) in [4.78, 5) is 41.2. The van der Waals surface area contributed by atoms with Crippen LogP contribution in [0.2, 0.25) is 0 Å². The van der Waals surface area contributed by atoms with E-state index in [1.165, 1.54) is 5.56 Å². The SMILES string of the molecule is N[C@H]1C[C@@H](c2ccccc2)N(Cc2cccc3c2C(=O)N(C2CCC(=O)NC2=O)C3)C1. The molecule has 5 rings (SSSR count). The molecule has 3 N–H and O–H groups in total. The molecule has 0 spiro atoms. The van der Waals surface area contributed by atoms with Gasteiger partial charge in [0.05, 0.1) is 0 Å². The predicted molar refractivity (Wildman–Crippen MR) is 115 cm³/mol. The number of likely N-dealkylation sites (tertiary alicyclic amines) is 1. The predicted octanol–water partition coefficient (Wildman–Crippen LogP) is 1.72. The van der Waals surface area contributed by atoms with E-state index < -0.39 is 6.04 Å². The van der Waals surface area contributed by atoms with Crippen molar-refractivity contribution in [3.05, 3.63) is 70.8 Å².